The van der Waals surface area contributed by atoms with Gasteiger partial charge in [-0.2, -0.15) is 0 Å². The second kappa shape index (κ2) is 6.17. The van der Waals surface area contributed by atoms with Crippen LogP contribution in [0.3, 0.4) is 0 Å². The second-order valence-corrected chi connectivity index (χ2v) is 4.73. The maximum atomic E-state index is 5.06. The van der Waals surface area contributed by atoms with Gasteiger partial charge in [-0.25, -0.2) is 15.0 Å². The first-order chi connectivity index (χ1) is 9.19. The Bertz CT molecular complexity index is 523. The minimum atomic E-state index is 0.549. The Kier molecular flexibility index (Phi) is 4.33. The van der Waals surface area contributed by atoms with Gasteiger partial charge in [-0.15, -0.1) is 0 Å². The Labute approximate surface area is 112 Å². The number of ether oxygens (including phenoxy) is 1. The standard InChI is InChI=1S/C13H19N5O/c1-10(2)7-18-9-14-5-11(18)6-15-12-4-13(19-3)17-8-16-12/h4-5,8-10H,6-7H2,1-3H3,(H,15,16,17). The molecule has 0 aromatic carbocycles. The van der Waals surface area contributed by atoms with E-state index in [1.807, 2.05) is 12.5 Å². The van der Waals surface area contributed by atoms with Gasteiger partial charge in [0, 0.05) is 18.8 Å². The molecule has 102 valence electrons. The van der Waals surface area contributed by atoms with Crippen molar-refractivity contribution in [2.75, 3.05) is 12.4 Å². The molecule has 0 unspecified atom stereocenters. The lowest BCUT2D eigenvalue weighted by Gasteiger charge is -2.11. The number of nitrogens with one attached hydrogen (secondary N) is 1. The fraction of sp³-hybridized carbons (Fsp3) is 0.462. The van der Waals surface area contributed by atoms with Crippen molar-refractivity contribution >= 4 is 5.82 Å². The molecule has 2 heterocycles. The van der Waals surface area contributed by atoms with Crippen LogP contribution in [0.15, 0.2) is 24.9 Å². The lowest BCUT2D eigenvalue weighted by atomic mass is 10.2. The van der Waals surface area contributed by atoms with Crippen molar-refractivity contribution in [3.05, 3.63) is 30.6 Å². The number of anilines is 1. The second-order valence-electron chi connectivity index (χ2n) is 4.73. The SMILES string of the molecule is COc1cc(NCc2cncn2CC(C)C)ncn1. The highest BCUT2D eigenvalue weighted by molar-refractivity contribution is 5.37. The van der Waals surface area contributed by atoms with Gasteiger partial charge in [0.25, 0.3) is 0 Å². The van der Waals surface area contributed by atoms with E-state index in [2.05, 4.69) is 38.7 Å². The summed E-state index contributed by atoms with van der Waals surface area (Å²) in [7, 11) is 1.59. The van der Waals surface area contributed by atoms with Crippen LogP contribution in [0.1, 0.15) is 19.5 Å². The number of hydrogen-bond acceptors (Lipinski definition) is 5. The Morgan fingerprint density at radius 3 is 2.95 bits per heavy atom. The van der Waals surface area contributed by atoms with Crippen LogP contribution in [0.25, 0.3) is 0 Å². The zero-order valence-corrected chi connectivity index (χ0v) is 11.5. The van der Waals surface area contributed by atoms with Gasteiger partial charge in [-0.1, -0.05) is 13.8 Å². The molecule has 6 heteroatoms. The van der Waals surface area contributed by atoms with Gasteiger partial charge in [-0.3, -0.25) is 0 Å². The van der Waals surface area contributed by atoms with E-state index >= 15 is 0 Å². The summed E-state index contributed by atoms with van der Waals surface area (Å²) < 4.78 is 7.21. The summed E-state index contributed by atoms with van der Waals surface area (Å²) in [5, 5.41) is 3.24. The number of methoxy groups -OCH3 is 1. The maximum absolute atomic E-state index is 5.06. The van der Waals surface area contributed by atoms with Gasteiger partial charge in [-0.05, 0) is 5.92 Å². The summed E-state index contributed by atoms with van der Waals surface area (Å²) in [5.74, 6) is 1.88. The molecule has 0 saturated heterocycles. The summed E-state index contributed by atoms with van der Waals surface area (Å²) in [6, 6.07) is 1.77. The van der Waals surface area contributed by atoms with Crippen molar-refractivity contribution < 1.29 is 4.74 Å². The van der Waals surface area contributed by atoms with Crippen molar-refractivity contribution in [1.82, 2.24) is 19.5 Å². The topological polar surface area (TPSA) is 64.9 Å². The van der Waals surface area contributed by atoms with Crippen molar-refractivity contribution in [3.8, 4) is 5.88 Å². The molecule has 2 aromatic rings. The van der Waals surface area contributed by atoms with E-state index in [1.54, 1.807) is 13.2 Å². The molecule has 0 aliphatic carbocycles. The van der Waals surface area contributed by atoms with E-state index in [0.717, 1.165) is 18.1 Å². The summed E-state index contributed by atoms with van der Waals surface area (Å²) in [6.07, 6.45) is 5.21. The first-order valence-electron chi connectivity index (χ1n) is 6.28. The molecular weight excluding hydrogens is 242 g/mol. The molecule has 0 amide bonds. The van der Waals surface area contributed by atoms with Gasteiger partial charge in [0.15, 0.2) is 0 Å². The van der Waals surface area contributed by atoms with Crippen molar-refractivity contribution in [2.24, 2.45) is 5.92 Å². The predicted octanol–water partition coefficient (Wildman–Crippen LogP) is 1.95. The van der Waals surface area contributed by atoms with E-state index in [0.29, 0.717) is 18.3 Å². The van der Waals surface area contributed by atoms with Crippen LogP contribution >= 0.6 is 0 Å². The molecule has 2 aromatic heterocycles. The smallest absolute Gasteiger partial charge is 0.218 e. The van der Waals surface area contributed by atoms with E-state index in [1.165, 1.54) is 6.33 Å². The van der Waals surface area contributed by atoms with Gasteiger partial charge < -0.3 is 14.6 Å². The molecular formula is C13H19N5O. The largest absolute Gasteiger partial charge is 0.481 e. The Hall–Kier alpha value is -2.11. The fourth-order valence-corrected chi connectivity index (χ4v) is 1.78. The van der Waals surface area contributed by atoms with Crippen LogP contribution < -0.4 is 10.1 Å². The highest BCUT2D eigenvalue weighted by Crippen LogP contribution is 2.12. The molecule has 0 fully saturated rings. The minimum Gasteiger partial charge on any atom is -0.481 e. The van der Waals surface area contributed by atoms with E-state index in [9.17, 15) is 0 Å². The van der Waals surface area contributed by atoms with Crippen LogP contribution in [0.2, 0.25) is 0 Å². The minimum absolute atomic E-state index is 0.549. The summed E-state index contributed by atoms with van der Waals surface area (Å²) >= 11 is 0. The van der Waals surface area contributed by atoms with Crippen LogP contribution in [-0.2, 0) is 13.1 Å². The summed E-state index contributed by atoms with van der Waals surface area (Å²) in [6.45, 7) is 6.01. The fourth-order valence-electron chi connectivity index (χ4n) is 1.78. The van der Waals surface area contributed by atoms with Gasteiger partial charge in [0.05, 0.1) is 25.7 Å². The zero-order valence-electron chi connectivity index (χ0n) is 11.5. The van der Waals surface area contributed by atoms with Gasteiger partial charge >= 0.3 is 0 Å². The summed E-state index contributed by atoms with van der Waals surface area (Å²) in [4.78, 5) is 12.3. The Balaban J connectivity index is 2.00. The summed E-state index contributed by atoms with van der Waals surface area (Å²) in [5.41, 5.74) is 1.13. The third-order valence-corrected chi connectivity index (χ3v) is 2.66. The molecule has 0 aliphatic rings. The molecule has 0 atom stereocenters. The number of imidazole rings is 1. The average Bonchev–Trinajstić information content (AvgIpc) is 2.83. The first kappa shape index (κ1) is 13.3. The molecule has 0 radical (unpaired) electrons. The first-order valence-corrected chi connectivity index (χ1v) is 6.28. The monoisotopic (exact) mass is 261 g/mol. The van der Waals surface area contributed by atoms with Crippen LogP contribution in [0.4, 0.5) is 5.82 Å². The van der Waals surface area contributed by atoms with Crippen molar-refractivity contribution in [2.45, 2.75) is 26.9 Å². The van der Waals surface area contributed by atoms with E-state index in [-0.39, 0.29) is 0 Å². The zero-order chi connectivity index (χ0) is 13.7. The van der Waals surface area contributed by atoms with Gasteiger partial charge in [0.1, 0.15) is 12.1 Å². The van der Waals surface area contributed by atoms with Crippen molar-refractivity contribution in [1.29, 1.82) is 0 Å². The van der Waals surface area contributed by atoms with E-state index in [4.69, 9.17) is 4.74 Å². The highest BCUT2D eigenvalue weighted by atomic mass is 16.5. The average molecular weight is 261 g/mol. The lowest BCUT2D eigenvalue weighted by Crippen LogP contribution is -2.11. The number of hydrogen-bond donors (Lipinski definition) is 1. The molecule has 19 heavy (non-hydrogen) atoms. The van der Waals surface area contributed by atoms with Crippen molar-refractivity contribution in [3.63, 3.8) is 0 Å². The number of rotatable bonds is 6. The predicted molar refractivity (Wildman–Crippen MR) is 73.0 cm³/mol. The van der Waals surface area contributed by atoms with Crippen LogP contribution in [-0.4, -0.2) is 26.6 Å². The Morgan fingerprint density at radius 2 is 2.21 bits per heavy atom. The maximum Gasteiger partial charge on any atom is 0.218 e. The van der Waals surface area contributed by atoms with Crippen LogP contribution in [0, 0.1) is 5.92 Å². The number of aromatic nitrogens is 4. The molecule has 0 spiro atoms. The van der Waals surface area contributed by atoms with Crippen LogP contribution in [0.5, 0.6) is 5.88 Å². The molecule has 1 N–H and O–H groups in total. The molecule has 0 aliphatic heterocycles. The Morgan fingerprint density at radius 1 is 1.37 bits per heavy atom. The molecule has 6 nitrogen and oxygen atoms in total. The quantitative estimate of drug-likeness (QED) is 0.861. The lowest BCUT2D eigenvalue weighted by molar-refractivity contribution is 0.397. The normalized spacial score (nSPS) is 10.7. The third kappa shape index (κ3) is 3.67. The van der Waals surface area contributed by atoms with E-state index < -0.39 is 0 Å². The highest BCUT2D eigenvalue weighted by Gasteiger charge is 2.05. The number of nitrogens with zero attached hydrogens (tertiary/aromatic N) is 4. The molecule has 2 rings (SSSR count). The molecule has 0 bridgehead atoms. The van der Waals surface area contributed by atoms with Gasteiger partial charge in [0.2, 0.25) is 5.88 Å². The third-order valence-electron chi connectivity index (χ3n) is 2.66. The molecule has 0 saturated carbocycles.